The molecule has 0 spiro atoms. The lowest BCUT2D eigenvalue weighted by Crippen LogP contribution is -2.14. The lowest BCUT2D eigenvalue weighted by molar-refractivity contribution is 0.326. The molecule has 0 aromatic heterocycles. The molecule has 0 atom stereocenters. The van der Waals surface area contributed by atoms with E-state index in [1.54, 1.807) is 12.1 Å². The van der Waals surface area contributed by atoms with Gasteiger partial charge in [-0.1, -0.05) is 31.9 Å². The minimum absolute atomic E-state index is 0.136. The molecule has 2 saturated carbocycles. The van der Waals surface area contributed by atoms with Gasteiger partial charge in [-0.2, -0.15) is 0 Å². The molecule has 0 unspecified atom stereocenters. The number of benzene rings is 1. The van der Waals surface area contributed by atoms with E-state index in [0.717, 1.165) is 43.1 Å². The predicted octanol–water partition coefficient (Wildman–Crippen LogP) is 6.93. The van der Waals surface area contributed by atoms with Crippen LogP contribution in [0.25, 0.3) is 0 Å². The summed E-state index contributed by atoms with van der Waals surface area (Å²) < 4.78 is 27.5. The van der Waals surface area contributed by atoms with Crippen LogP contribution in [0.4, 0.5) is 8.78 Å². The summed E-state index contributed by atoms with van der Waals surface area (Å²) in [6, 6.07) is 3.09. The minimum Gasteiger partial charge on any atom is -0.207 e. The molecule has 2 aliphatic carbocycles. The lowest BCUT2D eigenvalue weighted by Gasteiger charge is -2.28. The lowest BCUT2D eigenvalue weighted by atomic mass is 9.77. The number of hydrogen-bond acceptors (Lipinski definition) is 0. The first-order chi connectivity index (χ1) is 11.5. The molecule has 132 valence electrons. The summed E-state index contributed by atoms with van der Waals surface area (Å²) in [6.07, 6.45) is 14.7. The van der Waals surface area contributed by atoms with Crippen LogP contribution in [-0.4, -0.2) is 0 Å². The van der Waals surface area contributed by atoms with Crippen LogP contribution in [0.3, 0.4) is 0 Å². The zero-order chi connectivity index (χ0) is 17.1. The van der Waals surface area contributed by atoms with E-state index < -0.39 is 11.6 Å². The molecule has 0 heterocycles. The molecule has 2 aliphatic rings. The van der Waals surface area contributed by atoms with Crippen LogP contribution >= 0.6 is 0 Å². The van der Waals surface area contributed by atoms with Gasteiger partial charge in [0, 0.05) is 5.56 Å². The third-order valence-corrected chi connectivity index (χ3v) is 6.26. The van der Waals surface area contributed by atoms with Crippen molar-refractivity contribution in [3.05, 3.63) is 47.0 Å². The van der Waals surface area contributed by atoms with Gasteiger partial charge in [0.25, 0.3) is 0 Å². The molecular weight excluding hydrogens is 302 g/mol. The van der Waals surface area contributed by atoms with Gasteiger partial charge < -0.3 is 0 Å². The van der Waals surface area contributed by atoms with E-state index >= 15 is 0 Å². The van der Waals surface area contributed by atoms with Crippen LogP contribution in [0.2, 0.25) is 0 Å². The molecule has 0 aliphatic heterocycles. The number of hydrogen-bond donors (Lipinski definition) is 0. The molecule has 0 nitrogen and oxygen atoms in total. The Bertz CT molecular complexity index is 551. The van der Waals surface area contributed by atoms with Crippen LogP contribution in [0.5, 0.6) is 0 Å². The van der Waals surface area contributed by atoms with Gasteiger partial charge in [0.1, 0.15) is 11.6 Å². The van der Waals surface area contributed by atoms with Gasteiger partial charge in [-0.25, -0.2) is 8.78 Å². The Morgan fingerprint density at radius 3 is 1.75 bits per heavy atom. The van der Waals surface area contributed by atoms with E-state index in [9.17, 15) is 8.78 Å². The molecule has 0 amide bonds. The van der Waals surface area contributed by atoms with Crippen molar-refractivity contribution < 1.29 is 8.78 Å². The maximum atomic E-state index is 13.8. The molecule has 0 bridgehead atoms. The molecule has 24 heavy (non-hydrogen) atoms. The average molecular weight is 332 g/mol. The van der Waals surface area contributed by atoms with Gasteiger partial charge in [0.15, 0.2) is 0 Å². The second-order valence-corrected chi connectivity index (χ2v) is 8.13. The first-order valence-electron chi connectivity index (χ1n) is 9.66. The molecule has 1 aromatic rings. The standard InChI is InChI=1S/C22H30F2/c1-15-3-5-17(6-4-15)7-8-18-9-11-19(12-10-18)20-13-21(23)16(2)22(24)14-20/h7-8,13-15,17-19H,3-6,9-12H2,1-2H3. The second kappa shape index (κ2) is 7.80. The Hall–Kier alpha value is -1.18. The summed E-state index contributed by atoms with van der Waals surface area (Å²) >= 11 is 0. The van der Waals surface area contributed by atoms with E-state index in [4.69, 9.17) is 0 Å². The average Bonchev–Trinajstić information content (AvgIpc) is 2.59. The van der Waals surface area contributed by atoms with Gasteiger partial charge >= 0.3 is 0 Å². The minimum atomic E-state index is -0.404. The van der Waals surface area contributed by atoms with Crippen LogP contribution in [-0.2, 0) is 0 Å². The highest BCUT2D eigenvalue weighted by Crippen LogP contribution is 2.38. The summed E-state index contributed by atoms with van der Waals surface area (Å²) in [5.41, 5.74) is 0.983. The van der Waals surface area contributed by atoms with E-state index in [1.165, 1.54) is 32.6 Å². The Balaban J connectivity index is 1.52. The van der Waals surface area contributed by atoms with Crippen molar-refractivity contribution in [3.8, 4) is 0 Å². The summed E-state index contributed by atoms with van der Waals surface area (Å²) in [7, 11) is 0. The summed E-state index contributed by atoms with van der Waals surface area (Å²) in [5.74, 6) is 1.84. The predicted molar refractivity (Wildman–Crippen MR) is 96.1 cm³/mol. The van der Waals surface area contributed by atoms with Gasteiger partial charge in [0.2, 0.25) is 0 Å². The number of rotatable bonds is 3. The highest BCUT2D eigenvalue weighted by Gasteiger charge is 2.23. The van der Waals surface area contributed by atoms with Crippen molar-refractivity contribution in [3.63, 3.8) is 0 Å². The van der Waals surface area contributed by atoms with Crippen LogP contribution in [0, 0.1) is 36.3 Å². The summed E-state index contributed by atoms with van der Waals surface area (Å²) in [4.78, 5) is 0. The molecular formula is C22H30F2. The Kier molecular flexibility index (Phi) is 5.73. The Labute approximate surface area is 145 Å². The van der Waals surface area contributed by atoms with Crippen molar-refractivity contribution in [2.45, 2.75) is 71.1 Å². The quantitative estimate of drug-likeness (QED) is 0.526. The largest absolute Gasteiger partial charge is 0.207 e. The fourth-order valence-electron chi connectivity index (χ4n) is 4.34. The monoisotopic (exact) mass is 332 g/mol. The van der Waals surface area contributed by atoms with Crippen LogP contribution in [0.1, 0.15) is 75.3 Å². The number of allylic oxidation sites excluding steroid dienone is 2. The molecule has 0 radical (unpaired) electrons. The fourth-order valence-corrected chi connectivity index (χ4v) is 4.34. The number of halogens is 2. The maximum Gasteiger partial charge on any atom is 0.129 e. The smallest absolute Gasteiger partial charge is 0.129 e. The van der Waals surface area contributed by atoms with Gasteiger partial charge in [-0.3, -0.25) is 0 Å². The Morgan fingerprint density at radius 2 is 1.25 bits per heavy atom. The molecule has 0 N–H and O–H groups in total. The summed E-state index contributed by atoms with van der Waals surface area (Å²) in [6.45, 7) is 3.86. The topological polar surface area (TPSA) is 0 Å². The fraction of sp³-hybridized carbons (Fsp3) is 0.636. The van der Waals surface area contributed by atoms with Gasteiger partial charge in [-0.15, -0.1) is 0 Å². The zero-order valence-electron chi connectivity index (χ0n) is 15.0. The Morgan fingerprint density at radius 1 is 0.792 bits per heavy atom. The van der Waals surface area contributed by atoms with Crippen LogP contribution in [0.15, 0.2) is 24.3 Å². The van der Waals surface area contributed by atoms with E-state index in [1.807, 2.05) is 0 Å². The summed E-state index contributed by atoms with van der Waals surface area (Å²) in [5, 5.41) is 0. The van der Waals surface area contributed by atoms with Crippen molar-refractivity contribution in [1.29, 1.82) is 0 Å². The van der Waals surface area contributed by atoms with Crippen molar-refractivity contribution in [2.75, 3.05) is 0 Å². The van der Waals surface area contributed by atoms with E-state index in [2.05, 4.69) is 19.1 Å². The van der Waals surface area contributed by atoms with Crippen molar-refractivity contribution >= 4 is 0 Å². The second-order valence-electron chi connectivity index (χ2n) is 8.13. The molecule has 2 fully saturated rings. The maximum absolute atomic E-state index is 13.8. The molecule has 3 rings (SSSR count). The molecule has 1 aromatic carbocycles. The van der Waals surface area contributed by atoms with E-state index in [-0.39, 0.29) is 5.56 Å². The normalized spacial score (nSPS) is 31.5. The van der Waals surface area contributed by atoms with Gasteiger partial charge in [0.05, 0.1) is 0 Å². The third-order valence-electron chi connectivity index (χ3n) is 6.26. The highest BCUT2D eigenvalue weighted by atomic mass is 19.1. The molecule has 2 heteroatoms. The van der Waals surface area contributed by atoms with Crippen molar-refractivity contribution in [1.82, 2.24) is 0 Å². The SMILES string of the molecule is Cc1c(F)cc(C2CCC(C=CC3CCC(C)CC3)CC2)cc1F. The van der Waals surface area contributed by atoms with E-state index in [0.29, 0.717) is 11.8 Å². The van der Waals surface area contributed by atoms with Crippen LogP contribution < -0.4 is 0 Å². The first-order valence-corrected chi connectivity index (χ1v) is 9.66. The van der Waals surface area contributed by atoms with Crippen molar-refractivity contribution in [2.24, 2.45) is 17.8 Å². The first kappa shape index (κ1) is 17.6. The highest BCUT2D eigenvalue weighted by molar-refractivity contribution is 5.28. The third kappa shape index (κ3) is 4.26. The molecule has 0 saturated heterocycles. The van der Waals surface area contributed by atoms with Gasteiger partial charge in [-0.05, 0) is 86.8 Å². The zero-order valence-corrected chi connectivity index (χ0v) is 15.0.